The summed E-state index contributed by atoms with van der Waals surface area (Å²) in [4.78, 5) is 16.4. The molecule has 3 aromatic heterocycles. The van der Waals surface area contributed by atoms with Crippen molar-refractivity contribution < 1.29 is 22.6 Å². The first kappa shape index (κ1) is 24.5. The molecule has 0 aromatic carbocycles. The molecule has 0 saturated heterocycles. The zero-order valence-corrected chi connectivity index (χ0v) is 20.1. The van der Waals surface area contributed by atoms with Crippen LogP contribution in [-0.4, -0.2) is 69.7 Å². The van der Waals surface area contributed by atoms with Crippen LogP contribution in [0.15, 0.2) is 18.7 Å². The average Bonchev–Trinajstić information content (AvgIpc) is 3.18. The number of nitrogens with zero attached hydrogens (tertiary/aromatic N) is 7. The molecule has 3 heterocycles. The normalized spacial score (nSPS) is 13.4. The smallest absolute Gasteiger partial charge is 0.245 e. The van der Waals surface area contributed by atoms with E-state index in [0.29, 0.717) is 10.8 Å². The number of methoxy groups -OCH3 is 3. The SMILES string of the molecule is COCc1nnc(NS(=O)(=O)[C@@H](C)[C@H](C)c2ncc(Cl)cn2)n1-c1c(OC)ncnc1OC. The van der Waals surface area contributed by atoms with Gasteiger partial charge in [-0.1, -0.05) is 18.5 Å². The Labute approximate surface area is 195 Å². The van der Waals surface area contributed by atoms with E-state index in [1.807, 2.05) is 0 Å². The molecule has 15 heteroatoms. The molecular weight excluding hydrogens is 476 g/mol. The predicted octanol–water partition coefficient (Wildman–Crippen LogP) is 1.60. The molecule has 0 radical (unpaired) electrons. The van der Waals surface area contributed by atoms with E-state index in [0.717, 1.165) is 0 Å². The van der Waals surface area contributed by atoms with Gasteiger partial charge in [-0.15, -0.1) is 10.2 Å². The number of hydrogen-bond acceptors (Lipinski definition) is 11. The van der Waals surface area contributed by atoms with Crippen LogP contribution in [0.25, 0.3) is 5.69 Å². The van der Waals surface area contributed by atoms with Crippen molar-refractivity contribution in [3.05, 3.63) is 35.4 Å². The van der Waals surface area contributed by atoms with Crippen LogP contribution in [0, 0.1) is 0 Å². The molecule has 0 unspecified atom stereocenters. The van der Waals surface area contributed by atoms with Gasteiger partial charge in [0, 0.05) is 25.4 Å². The molecule has 3 aromatic rings. The highest BCUT2D eigenvalue weighted by molar-refractivity contribution is 7.93. The average molecular weight is 499 g/mol. The molecule has 1 N–H and O–H groups in total. The lowest BCUT2D eigenvalue weighted by Crippen LogP contribution is -2.31. The minimum Gasteiger partial charge on any atom is -0.479 e. The van der Waals surface area contributed by atoms with Crippen LogP contribution in [0.2, 0.25) is 5.02 Å². The van der Waals surface area contributed by atoms with E-state index in [4.69, 9.17) is 25.8 Å². The molecule has 33 heavy (non-hydrogen) atoms. The third-order valence-electron chi connectivity index (χ3n) is 4.84. The molecule has 0 bridgehead atoms. The van der Waals surface area contributed by atoms with Crippen molar-refractivity contribution in [1.82, 2.24) is 34.7 Å². The molecule has 0 aliphatic carbocycles. The van der Waals surface area contributed by atoms with E-state index < -0.39 is 21.2 Å². The van der Waals surface area contributed by atoms with Gasteiger partial charge in [-0.3, -0.25) is 9.29 Å². The highest BCUT2D eigenvalue weighted by atomic mass is 35.5. The first-order valence-electron chi connectivity index (χ1n) is 9.59. The Morgan fingerprint density at radius 2 is 1.64 bits per heavy atom. The monoisotopic (exact) mass is 498 g/mol. The molecule has 13 nitrogen and oxygen atoms in total. The van der Waals surface area contributed by atoms with Crippen LogP contribution in [0.1, 0.15) is 31.4 Å². The van der Waals surface area contributed by atoms with Crippen LogP contribution < -0.4 is 14.2 Å². The van der Waals surface area contributed by atoms with Gasteiger partial charge in [0.1, 0.15) is 18.8 Å². The minimum atomic E-state index is -3.99. The quantitative estimate of drug-likeness (QED) is 0.433. The Morgan fingerprint density at radius 1 is 1.03 bits per heavy atom. The van der Waals surface area contributed by atoms with Gasteiger partial charge in [0.25, 0.3) is 0 Å². The second kappa shape index (κ2) is 10.2. The molecule has 0 spiro atoms. The summed E-state index contributed by atoms with van der Waals surface area (Å²) in [5, 5.41) is 7.46. The number of ether oxygens (including phenoxy) is 3. The van der Waals surface area contributed by atoms with Crippen molar-refractivity contribution in [3.8, 4) is 17.4 Å². The number of sulfonamides is 1. The molecule has 0 saturated carbocycles. The second-order valence-electron chi connectivity index (χ2n) is 6.85. The summed E-state index contributed by atoms with van der Waals surface area (Å²) in [5.74, 6) is 0.163. The lowest BCUT2D eigenvalue weighted by atomic mass is 10.1. The van der Waals surface area contributed by atoms with Crippen LogP contribution in [-0.2, 0) is 21.4 Å². The number of aromatic nitrogens is 7. The zero-order chi connectivity index (χ0) is 24.2. The Hall–Kier alpha value is -3.10. The molecular formula is C18H23ClN8O5S. The maximum absolute atomic E-state index is 13.2. The number of halogens is 1. The van der Waals surface area contributed by atoms with E-state index in [2.05, 4.69) is 34.9 Å². The summed E-state index contributed by atoms with van der Waals surface area (Å²) < 4.78 is 46.2. The summed E-state index contributed by atoms with van der Waals surface area (Å²) in [6.07, 6.45) is 4.07. The Morgan fingerprint density at radius 3 is 2.18 bits per heavy atom. The van der Waals surface area contributed by atoms with Crippen molar-refractivity contribution >= 4 is 27.6 Å². The summed E-state index contributed by atoms with van der Waals surface area (Å²) in [6, 6.07) is 0. The lowest BCUT2D eigenvalue weighted by Gasteiger charge is -2.20. The van der Waals surface area contributed by atoms with E-state index in [-0.39, 0.29) is 35.8 Å². The zero-order valence-electron chi connectivity index (χ0n) is 18.6. The largest absolute Gasteiger partial charge is 0.479 e. The van der Waals surface area contributed by atoms with Crippen LogP contribution in [0.4, 0.5) is 5.95 Å². The third kappa shape index (κ3) is 5.12. The molecule has 0 amide bonds. The summed E-state index contributed by atoms with van der Waals surface area (Å²) in [6.45, 7) is 3.25. The first-order chi connectivity index (χ1) is 15.7. The van der Waals surface area contributed by atoms with Crippen molar-refractivity contribution in [3.63, 3.8) is 0 Å². The Balaban J connectivity index is 2.04. The molecule has 0 aliphatic rings. The summed E-state index contributed by atoms with van der Waals surface area (Å²) in [5.41, 5.74) is 0.207. The molecule has 2 atom stereocenters. The van der Waals surface area contributed by atoms with Crippen molar-refractivity contribution in [2.75, 3.05) is 26.1 Å². The number of anilines is 1. The molecule has 178 valence electrons. The third-order valence-corrected chi connectivity index (χ3v) is 6.89. The van der Waals surface area contributed by atoms with Gasteiger partial charge in [0.2, 0.25) is 27.7 Å². The standard InChI is InChI=1S/C18H23ClN8O5S/c1-10(15-20-6-12(19)7-21-15)11(2)33(28,29)26-18-25-24-13(8-30-3)27(18)14-16(31-4)22-9-23-17(14)32-5/h6-7,9-11H,8H2,1-5H3,(H,25,26)/t10-,11-/m0/s1. The maximum atomic E-state index is 13.2. The van der Waals surface area contributed by atoms with Crippen molar-refractivity contribution in [2.45, 2.75) is 31.6 Å². The van der Waals surface area contributed by atoms with Gasteiger partial charge in [0.15, 0.2) is 11.5 Å². The minimum absolute atomic E-state index is 0.0144. The Bertz CT molecular complexity index is 1180. The van der Waals surface area contributed by atoms with E-state index >= 15 is 0 Å². The van der Waals surface area contributed by atoms with Crippen LogP contribution in [0.5, 0.6) is 11.8 Å². The van der Waals surface area contributed by atoms with Gasteiger partial charge in [-0.25, -0.2) is 18.4 Å². The van der Waals surface area contributed by atoms with Crippen LogP contribution in [0.3, 0.4) is 0 Å². The first-order valence-corrected chi connectivity index (χ1v) is 11.5. The van der Waals surface area contributed by atoms with Crippen molar-refractivity contribution in [1.29, 1.82) is 0 Å². The maximum Gasteiger partial charge on any atom is 0.245 e. The fourth-order valence-electron chi connectivity index (χ4n) is 2.93. The van der Waals surface area contributed by atoms with Crippen LogP contribution >= 0.6 is 11.6 Å². The van der Waals surface area contributed by atoms with E-state index in [1.165, 1.54) is 51.5 Å². The highest BCUT2D eigenvalue weighted by Crippen LogP contribution is 2.33. The lowest BCUT2D eigenvalue weighted by molar-refractivity contribution is 0.176. The highest BCUT2D eigenvalue weighted by Gasteiger charge is 2.32. The number of nitrogens with one attached hydrogen (secondary N) is 1. The van der Waals surface area contributed by atoms with Gasteiger partial charge in [-0.05, 0) is 6.92 Å². The fourth-order valence-corrected chi connectivity index (χ4v) is 4.26. The Kier molecular flexibility index (Phi) is 7.61. The second-order valence-corrected chi connectivity index (χ2v) is 9.32. The molecule has 3 rings (SSSR count). The van der Waals surface area contributed by atoms with Crippen molar-refractivity contribution in [2.24, 2.45) is 0 Å². The molecule has 0 fully saturated rings. The number of hydrogen-bond donors (Lipinski definition) is 1. The molecule has 0 aliphatic heterocycles. The number of rotatable bonds is 10. The summed E-state index contributed by atoms with van der Waals surface area (Å²) in [7, 11) is 0.291. The van der Waals surface area contributed by atoms with Gasteiger partial charge in [-0.2, -0.15) is 9.97 Å². The fraction of sp³-hybridized carbons (Fsp3) is 0.444. The van der Waals surface area contributed by atoms with Gasteiger partial charge < -0.3 is 14.2 Å². The van der Waals surface area contributed by atoms with Gasteiger partial charge >= 0.3 is 0 Å². The van der Waals surface area contributed by atoms with Gasteiger partial charge in [0.05, 0.1) is 24.5 Å². The topological polar surface area (TPSA) is 156 Å². The van der Waals surface area contributed by atoms with E-state index in [9.17, 15) is 8.42 Å². The summed E-state index contributed by atoms with van der Waals surface area (Å²) >= 11 is 5.83. The van der Waals surface area contributed by atoms with E-state index in [1.54, 1.807) is 6.92 Å². The predicted molar refractivity (Wildman–Crippen MR) is 118 cm³/mol.